The normalized spacial score (nSPS) is 14.1. The Balaban J connectivity index is 3.79. The van der Waals surface area contributed by atoms with Gasteiger partial charge in [0.1, 0.15) is 0 Å². The predicted molar refractivity (Wildman–Crippen MR) is 79.7 cm³/mol. The van der Waals surface area contributed by atoms with Crippen LogP contribution in [0.5, 0.6) is 0 Å². The summed E-state index contributed by atoms with van der Waals surface area (Å²) in [6.07, 6.45) is 0. The Morgan fingerprint density at radius 2 is 1.68 bits per heavy atom. The van der Waals surface area contributed by atoms with Crippen LogP contribution >= 0.6 is 0 Å². The zero-order chi connectivity index (χ0) is 15.3. The van der Waals surface area contributed by atoms with E-state index in [-0.39, 0.29) is 11.6 Å². The highest BCUT2D eigenvalue weighted by atomic mass is 32.2. The minimum absolute atomic E-state index is 0.181. The summed E-state index contributed by atoms with van der Waals surface area (Å²) in [6, 6.07) is 0. The number of hydrogen-bond acceptors (Lipinski definition) is 4. The Hall–Kier alpha value is 0.00688. The molecule has 0 aromatic heterocycles. The molecular weight excluding hydrogens is 284 g/mol. The van der Waals surface area contributed by atoms with Crippen LogP contribution in [-0.4, -0.2) is 54.5 Å². The molecule has 0 aliphatic heterocycles. The zero-order valence-electron chi connectivity index (χ0n) is 12.9. The van der Waals surface area contributed by atoms with Crippen LogP contribution in [-0.2, 0) is 19.4 Å². The highest BCUT2D eigenvalue weighted by molar-refractivity contribution is 7.86. The number of ether oxygens (including phenoxy) is 1. The monoisotopic (exact) mass is 312 g/mol. The average molecular weight is 313 g/mol. The standard InChI is InChI=1S/C11H28N2O4SSi/c1-11(2,3)19(5,6)17-10-9-16-8-7-13(4)18(12,14)15/h7-10H2,1-6H3,(H2,12,14,15). The van der Waals surface area contributed by atoms with E-state index in [0.717, 1.165) is 4.31 Å². The second-order valence-electron chi connectivity index (χ2n) is 6.09. The van der Waals surface area contributed by atoms with Gasteiger partial charge in [0.05, 0.1) is 19.8 Å². The van der Waals surface area contributed by atoms with Gasteiger partial charge >= 0.3 is 0 Å². The Bertz CT molecular complexity index is 365. The van der Waals surface area contributed by atoms with Gasteiger partial charge in [0.15, 0.2) is 8.32 Å². The van der Waals surface area contributed by atoms with E-state index in [1.807, 2.05) is 0 Å². The van der Waals surface area contributed by atoms with Crippen LogP contribution in [0, 0.1) is 0 Å². The molecule has 0 aromatic carbocycles. The quantitative estimate of drug-likeness (QED) is 0.538. The number of rotatable bonds is 8. The second kappa shape index (κ2) is 7.14. The maximum absolute atomic E-state index is 10.9. The molecule has 0 saturated heterocycles. The molecular formula is C11H28N2O4SSi. The third-order valence-electron chi connectivity index (χ3n) is 3.48. The van der Waals surface area contributed by atoms with Gasteiger partial charge in [0.25, 0.3) is 10.2 Å². The Kier molecular flexibility index (Phi) is 7.14. The maximum atomic E-state index is 10.9. The molecule has 6 nitrogen and oxygen atoms in total. The van der Waals surface area contributed by atoms with Crippen molar-refractivity contribution in [2.75, 3.05) is 33.4 Å². The molecule has 0 rings (SSSR count). The van der Waals surface area contributed by atoms with E-state index < -0.39 is 18.5 Å². The molecule has 0 saturated carbocycles. The van der Waals surface area contributed by atoms with Crippen molar-refractivity contribution in [3.05, 3.63) is 0 Å². The molecule has 0 aromatic rings. The summed E-state index contributed by atoms with van der Waals surface area (Å²) in [6.45, 7) is 12.5. The summed E-state index contributed by atoms with van der Waals surface area (Å²) >= 11 is 0. The molecule has 116 valence electrons. The first-order chi connectivity index (χ1) is 8.38. The minimum Gasteiger partial charge on any atom is -0.414 e. The van der Waals surface area contributed by atoms with Crippen LogP contribution in [0.2, 0.25) is 18.1 Å². The maximum Gasteiger partial charge on any atom is 0.276 e. The lowest BCUT2D eigenvalue weighted by Gasteiger charge is -2.36. The lowest BCUT2D eigenvalue weighted by atomic mass is 10.2. The van der Waals surface area contributed by atoms with Crippen molar-refractivity contribution in [3.63, 3.8) is 0 Å². The fourth-order valence-corrected chi connectivity index (χ4v) is 2.35. The summed E-state index contributed by atoms with van der Waals surface area (Å²) < 4.78 is 34.2. The molecule has 19 heavy (non-hydrogen) atoms. The summed E-state index contributed by atoms with van der Waals surface area (Å²) in [7, 11) is -3.91. The van der Waals surface area contributed by atoms with Crippen LogP contribution < -0.4 is 5.14 Å². The molecule has 0 unspecified atom stereocenters. The molecule has 0 radical (unpaired) electrons. The van der Waals surface area contributed by atoms with Crippen LogP contribution in [0.4, 0.5) is 0 Å². The van der Waals surface area contributed by atoms with Gasteiger partial charge in [-0.3, -0.25) is 0 Å². The van der Waals surface area contributed by atoms with Gasteiger partial charge in [-0.05, 0) is 18.1 Å². The number of hydrogen-bond donors (Lipinski definition) is 1. The van der Waals surface area contributed by atoms with E-state index in [2.05, 4.69) is 33.9 Å². The van der Waals surface area contributed by atoms with Gasteiger partial charge in [0, 0.05) is 13.6 Å². The van der Waals surface area contributed by atoms with Crippen LogP contribution in [0.15, 0.2) is 0 Å². The van der Waals surface area contributed by atoms with Gasteiger partial charge in [-0.2, -0.15) is 12.7 Å². The van der Waals surface area contributed by atoms with Gasteiger partial charge in [-0.1, -0.05) is 20.8 Å². The summed E-state index contributed by atoms with van der Waals surface area (Å²) in [5.41, 5.74) is 0. The zero-order valence-corrected chi connectivity index (χ0v) is 14.7. The first-order valence-corrected chi connectivity index (χ1v) is 10.7. The average Bonchev–Trinajstić information content (AvgIpc) is 2.19. The molecule has 0 aliphatic carbocycles. The van der Waals surface area contributed by atoms with Crippen LogP contribution in [0.3, 0.4) is 0 Å². The van der Waals surface area contributed by atoms with Gasteiger partial charge in [-0.25, -0.2) is 5.14 Å². The van der Waals surface area contributed by atoms with E-state index in [1.165, 1.54) is 7.05 Å². The third-order valence-corrected chi connectivity index (χ3v) is 9.07. The molecule has 0 atom stereocenters. The van der Waals surface area contributed by atoms with E-state index in [4.69, 9.17) is 14.3 Å². The van der Waals surface area contributed by atoms with Gasteiger partial charge in [-0.15, -0.1) is 0 Å². The molecule has 0 aliphatic rings. The highest BCUT2D eigenvalue weighted by Gasteiger charge is 2.36. The lowest BCUT2D eigenvalue weighted by molar-refractivity contribution is 0.0906. The van der Waals surface area contributed by atoms with E-state index in [9.17, 15) is 8.42 Å². The second-order valence-corrected chi connectivity index (χ2v) is 12.6. The van der Waals surface area contributed by atoms with Crippen molar-refractivity contribution < 1.29 is 17.6 Å². The van der Waals surface area contributed by atoms with E-state index >= 15 is 0 Å². The first kappa shape index (κ1) is 19.0. The van der Waals surface area contributed by atoms with Gasteiger partial charge in [0.2, 0.25) is 0 Å². The Labute approximate surface area is 118 Å². The van der Waals surface area contributed by atoms with Crippen molar-refractivity contribution >= 4 is 18.5 Å². The summed E-state index contributed by atoms with van der Waals surface area (Å²) in [5, 5.41) is 5.13. The first-order valence-electron chi connectivity index (χ1n) is 6.34. The van der Waals surface area contributed by atoms with Crippen molar-refractivity contribution in [1.82, 2.24) is 4.31 Å². The molecule has 0 amide bonds. The fraction of sp³-hybridized carbons (Fsp3) is 1.00. The topological polar surface area (TPSA) is 81.9 Å². The SMILES string of the molecule is CN(CCOCCO[Si](C)(C)C(C)(C)C)S(N)(=O)=O. The third kappa shape index (κ3) is 7.38. The predicted octanol–water partition coefficient (Wildman–Crippen LogP) is 1.16. The Morgan fingerprint density at radius 1 is 1.16 bits per heavy atom. The van der Waals surface area contributed by atoms with E-state index in [0.29, 0.717) is 19.8 Å². The molecule has 0 fully saturated rings. The van der Waals surface area contributed by atoms with Crippen molar-refractivity contribution in [2.45, 2.75) is 38.9 Å². The number of likely N-dealkylation sites (N-methyl/N-ethyl adjacent to an activating group) is 1. The molecule has 0 bridgehead atoms. The van der Waals surface area contributed by atoms with Crippen LogP contribution in [0.1, 0.15) is 20.8 Å². The lowest BCUT2D eigenvalue weighted by Crippen LogP contribution is -2.41. The number of nitrogens with two attached hydrogens (primary N) is 1. The Morgan fingerprint density at radius 3 is 2.11 bits per heavy atom. The molecule has 2 N–H and O–H groups in total. The summed E-state index contributed by atoms with van der Waals surface area (Å²) in [4.78, 5) is 0. The molecule has 0 spiro atoms. The number of nitrogens with zero attached hydrogens (tertiary/aromatic N) is 1. The largest absolute Gasteiger partial charge is 0.414 e. The molecule has 0 heterocycles. The van der Waals surface area contributed by atoms with Crippen molar-refractivity contribution in [1.29, 1.82) is 0 Å². The van der Waals surface area contributed by atoms with Gasteiger partial charge < -0.3 is 9.16 Å². The molecule has 8 heteroatoms. The van der Waals surface area contributed by atoms with E-state index in [1.54, 1.807) is 0 Å². The van der Waals surface area contributed by atoms with Crippen LogP contribution in [0.25, 0.3) is 0 Å². The summed E-state index contributed by atoms with van der Waals surface area (Å²) in [5.74, 6) is 0. The minimum atomic E-state index is -3.61. The highest BCUT2D eigenvalue weighted by Crippen LogP contribution is 2.36. The van der Waals surface area contributed by atoms with Crippen molar-refractivity contribution in [2.24, 2.45) is 5.14 Å². The van der Waals surface area contributed by atoms with Crippen molar-refractivity contribution in [3.8, 4) is 0 Å². The smallest absolute Gasteiger partial charge is 0.276 e. The fourth-order valence-electron chi connectivity index (χ4n) is 0.995.